The molecule has 0 unspecified atom stereocenters. The molecule has 3 aromatic rings. The van der Waals surface area contributed by atoms with Gasteiger partial charge in [0.2, 0.25) is 0 Å². The largest absolute Gasteiger partial charge is 0.462 e. The van der Waals surface area contributed by atoms with Crippen LogP contribution in [-0.2, 0) is 30.7 Å². The van der Waals surface area contributed by atoms with Crippen LogP contribution < -0.4 is 5.56 Å². The van der Waals surface area contributed by atoms with Crippen molar-refractivity contribution in [3.63, 3.8) is 0 Å². The van der Waals surface area contributed by atoms with E-state index in [-0.39, 0.29) is 11.5 Å². The number of aryl methyl sites for hydroxylation is 2. The normalized spacial score (nSPS) is 13.6. The maximum atomic E-state index is 13.6. The van der Waals surface area contributed by atoms with Gasteiger partial charge in [-0.3, -0.25) is 9.36 Å². The van der Waals surface area contributed by atoms with E-state index >= 15 is 0 Å². The number of nitrogens with zero attached hydrogens (tertiary/aromatic N) is 3. The lowest BCUT2D eigenvalue weighted by Gasteiger charge is -2.17. The number of ether oxygens (including phenoxy) is 1. The quantitative estimate of drug-likeness (QED) is 0.565. The van der Waals surface area contributed by atoms with Crippen molar-refractivity contribution in [1.29, 1.82) is 0 Å². The van der Waals surface area contributed by atoms with Crippen LogP contribution in [0, 0.1) is 0 Å². The molecule has 0 aliphatic heterocycles. The molecule has 1 aliphatic carbocycles. The van der Waals surface area contributed by atoms with Crippen molar-refractivity contribution < 1.29 is 9.53 Å². The minimum atomic E-state index is -0.347. The van der Waals surface area contributed by atoms with Crippen molar-refractivity contribution in [2.75, 3.05) is 20.7 Å². The van der Waals surface area contributed by atoms with Crippen LogP contribution in [0.5, 0.6) is 0 Å². The van der Waals surface area contributed by atoms with Gasteiger partial charge in [-0.25, -0.2) is 9.78 Å². The monoisotopic (exact) mass is 425 g/mol. The van der Waals surface area contributed by atoms with E-state index < -0.39 is 0 Å². The van der Waals surface area contributed by atoms with Crippen molar-refractivity contribution >= 4 is 27.5 Å². The molecule has 158 valence electrons. The number of aromatic nitrogens is 2. The number of carbonyl (C=O) groups is 1. The average Bonchev–Trinajstić information content (AvgIpc) is 3.09. The number of benzene rings is 1. The fourth-order valence-electron chi connectivity index (χ4n) is 4.04. The van der Waals surface area contributed by atoms with Gasteiger partial charge in [-0.1, -0.05) is 12.1 Å². The third kappa shape index (κ3) is 4.04. The lowest BCUT2D eigenvalue weighted by molar-refractivity contribution is 0.0526. The number of carbonyl (C=O) groups excluding carboxylic acids is 1. The zero-order valence-electron chi connectivity index (χ0n) is 17.7. The molecule has 0 amide bonds. The highest BCUT2D eigenvalue weighted by Gasteiger charge is 2.22. The van der Waals surface area contributed by atoms with Crippen molar-refractivity contribution in [3.05, 3.63) is 62.0 Å². The molecule has 0 spiro atoms. The van der Waals surface area contributed by atoms with Crippen molar-refractivity contribution in [1.82, 2.24) is 14.5 Å². The number of thiophene rings is 1. The van der Waals surface area contributed by atoms with Crippen LogP contribution in [0.3, 0.4) is 0 Å². The molecule has 0 saturated heterocycles. The average molecular weight is 426 g/mol. The first kappa shape index (κ1) is 20.8. The number of hydrogen-bond donors (Lipinski definition) is 0. The van der Waals surface area contributed by atoms with Gasteiger partial charge in [-0.05, 0) is 70.0 Å². The highest BCUT2D eigenvalue weighted by Crippen LogP contribution is 2.34. The van der Waals surface area contributed by atoms with Crippen LogP contribution in [0.25, 0.3) is 10.2 Å². The van der Waals surface area contributed by atoms with Crippen LogP contribution in [0.4, 0.5) is 0 Å². The molecule has 0 atom stereocenters. The van der Waals surface area contributed by atoms with Crippen LogP contribution in [-0.4, -0.2) is 41.1 Å². The van der Waals surface area contributed by atoms with Gasteiger partial charge in [-0.2, -0.15) is 0 Å². The first-order valence-electron chi connectivity index (χ1n) is 10.4. The van der Waals surface area contributed by atoms with E-state index in [1.165, 1.54) is 16.9 Å². The van der Waals surface area contributed by atoms with E-state index in [4.69, 9.17) is 9.72 Å². The molecule has 7 heteroatoms. The predicted octanol–water partition coefficient (Wildman–Crippen LogP) is 3.62. The lowest BCUT2D eigenvalue weighted by atomic mass is 9.97. The molecule has 2 aromatic heterocycles. The minimum Gasteiger partial charge on any atom is -0.462 e. The molecule has 4 rings (SSSR count). The Morgan fingerprint density at radius 1 is 1.27 bits per heavy atom. The number of hydrogen-bond acceptors (Lipinski definition) is 6. The first-order chi connectivity index (χ1) is 14.5. The number of esters is 1. The second-order valence-corrected chi connectivity index (χ2v) is 9.05. The van der Waals surface area contributed by atoms with Gasteiger partial charge in [0.05, 0.1) is 30.6 Å². The molecule has 6 nitrogen and oxygen atoms in total. The third-order valence-corrected chi connectivity index (χ3v) is 6.58. The van der Waals surface area contributed by atoms with E-state index in [0.717, 1.165) is 40.9 Å². The maximum absolute atomic E-state index is 13.6. The lowest BCUT2D eigenvalue weighted by Crippen LogP contribution is -2.29. The standard InChI is InChI=1S/C23H27N3O3S/c1-4-29-23(28)16-9-7-8-15(12-16)13-26-19(14-25(2)3)24-21-20(22(26)27)17-10-5-6-11-18(17)30-21/h7-9,12H,4-6,10-11,13-14H2,1-3H3. The summed E-state index contributed by atoms with van der Waals surface area (Å²) in [6, 6.07) is 7.30. The van der Waals surface area contributed by atoms with Gasteiger partial charge < -0.3 is 9.64 Å². The topological polar surface area (TPSA) is 64.4 Å². The molecule has 1 aromatic carbocycles. The summed E-state index contributed by atoms with van der Waals surface area (Å²) in [5.41, 5.74) is 2.60. The van der Waals surface area contributed by atoms with Crippen LogP contribution in [0.1, 0.15) is 52.0 Å². The molecule has 30 heavy (non-hydrogen) atoms. The molecule has 0 saturated carbocycles. The van der Waals surface area contributed by atoms with Crippen LogP contribution in [0.2, 0.25) is 0 Å². The van der Waals surface area contributed by atoms with Crippen molar-refractivity contribution in [3.8, 4) is 0 Å². The highest BCUT2D eigenvalue weighted by atomic mass is 32.1. The Morgan fingerprint density at radius 3 is 2.83 bits per heavy atom. The van der Waals surface area contributed by atoms with E-state index in [9.17, 15) is 9.59 Å². The summed E-state index contributed by atoms with van der Waals surface area (Å²) in [7, 11) is 3.95. The zero-order chi connectivity index (χ0) is 21.3. The van der Waals surface area contributed by atoms with Crippen LogP contribution >= 0.6 is 11.3 Å². The van der Waals surface area contributed by atoms with Gasteiger partial charge in [-0.15, -0.1) is 11.3 Å². The molecular weight excluding hydrogens is 398 g/mol. The second-order valence-electron chi connectivity index (χ2n) is 7.97. The van der Waals surface area contributed by atoms with Gasteiger partial charge in [0.1, 0.15) is 10.7 Å². The molecule has 0 bridgehead atoms. The molecular formula is C23H27N3O3S. The summed E-state index contributed by atoms with van der Waals surface area (Å²) < 4.78 is 6.89. The number of fused-ring (bicyclic) bond motifs is 3. The van der Waals surface area contributed by atoms with Gasteiger partial charge in [0.25, 0.3) is 5.56 Å². The summed E-state index contributed by atoms with van der Waals surface area (Å²) in [6.45, 7) is 3.07. The van der Waals surface area contributed by atoms with Crippen LogP contribution in [0.15, 0.2) is 29.1 Å². The van der Waals surface area contributed by atoms with Gasteiger partial charge >= 0.3 is 5.97 Å². The summed E-state index contributed by atoms with van der Waals surface area (Å²) >= 11 is 1.68. The number of rotatable bonds is 6. The summed E-state index contributed by atoms with van der Waals surface area (Å²) in [5.74, 6) is 0.401. The first-order valence-corrected chi connectivity index (χ1v) is 11.2. The van der Waals surface area contributed by atoms with Gasteiger partial charge in [0.15, 0.2) is 0 Å². The molecule has 0 N–H and O–H groups in total. The Bertz CT molecular complexity index is 1150. The van der Waals surface area contributed by atoms with E-state index in [0.29, 0.717) is 25.3 Å². The SMILES string of the molecule is CCOC(=O)c1cccc(Cn2c(CN(C)C)nc3sc4c(c3c2=O)CCCC4)c1. The zero-order valence-corrected chi connectivity index (χ0v) is 18.6. The molecule has 0 fully saturated rings. The fraction of sp³-hybridized carbons (Fsp3) is 0.435. The van der Waals surface area contributed by atoms with Gasteiger partial charge in [0, 0.05) is 4.88 Å². The Labute approximate surface area is 180 Å². The van der Waals surface area contributed by atoms with E-state index in [1.807, 2.05) is 31.1 Å². The Balaban J connectivity index is 1.81. The molecule has 2 heterocycles. The van der Waals surface area contributed by atoms with E-state index in [1.54, 1.807) is 35.0 Å². The Kier molecular flexibility index (Phi) is 6.01. The molecule has 1 aliphatic rings. The smallest absolute Gasteiger partial charge is 0.338 e. The summed E-state index contributed by atoms with van der Waals surface area (Å²) in [4.78, 5) is 34.8. The maximum Gasteiger partial charge on any atom is 0.338 e. The predicted molar refractivity (Wildman–Crippen MR) is 119 cm³/mol. The highest BCUT2D eigenvalue weighted by molar-refractivity contribution is 7.18. The Morgan fingerprint density at radius 2 is 2.07 bits per heavy atom. The third-order valence-electron chi connectivity index (χ3n) is 5.39. The molecule has 0 radical (unpaired) electrons. The Hall–Kier alpha value is -2.51. The minimum absolute atomic E-state index is 0.0257. The summed E-state index contributed by atoms with van der Waals surface area (Å²) in [6.07, 6.45) is 4.30. The van der Waals surface area contributed by atoms with E-state index in [2.05, 4.69) is 0 Å². The van der Waals surface area contributed by atoms with Crippen molar-refractivity contribution in [2.24, 2.45) is 0 Å². The fourth-order valence-corrected chi connectivity index (χ4v) is 5.31. The second kappa shape index (κ2) is 8.70. The summed E-state index contributed by atoms with van der Waals surface area (Å²) in [5, 5.41) is 0.791. The van der Waals surface area contributed by atoms with Crippen molar-refractivity contribution in [2.45, 2.75) is 45.7 Å².